The molecule has 1 fully saturated rings. The van der Waals surface area contributed by atoms with Gasteiger partial charge < -0.3 is 5.11 Å². The molecule has 0 bridgehead atoms. The second-order valence-corrected chi connectivity index (χ2v) is 8.02. The second-order valence-electron chi connectivity index (χ2n) is 6.29. The van der Waals surface area contributed by atoms with Crippen LogP contribution >= 0.6 is 22.7 Å². The fraction of sp³-hybridized carbons (Fsp3) is 0.316. The third-order valence-electron chi connectivity index (χ3n) is 4.70. The molecular formula is C19H20N2OS2. The Bertz CT molecular complexity index is 770. The van der Waals surface area contributed by atoms with Crippen molar-refractivity contribution in [1.82, 2.24) is 9.88 Å². The fourth-order valence-corrected chi connectivity index (χ4v) is 5.02. The molecule has 4 rings (SSSR count). The van der Waals surface area contributed by atoms with Gasteiger partial charge in [0.1, 0.15) is 5.01 Å². The molecule has 2 aromatic heterocycles. The molecule has 1 aromatic carbocycles. The van der Waals surface area contributed by atoms with E-state index in [1.807, 2.05) is 18.2 Å². The quantitative estimate of drug-likeness (QED) is 0.748. The van der Waals surface area contributed by atoms with E-state index in [2.05, 4.69) is 39.2 Å². The van der Waals surface area contributed by atoms with Crippen LogP contribution in [0.2, 0.25) is 0 Å². The van der Waals surface area contributed by atoms with Crippen molar-refractivity contribution >= 4 is 22.7 Å². The number of aliphatic hydroxyl groups excluding tert-OH is 1. The van der Waals surface area contributed by atoms with Gasteiger partial charge in [0.15, 0.2) is 0 Å². The lowest BCUT2D eigenvalue weighted by atomic mass is 9.92. The maximum atomic E-state index is 9.74. The first-order chi connectivity index (χ1) is 11.8. The summed E-state index contributed by atoms with van der Waals surface area (Å²) in [6, 6.07) is 12.5. The predicted molar refractivity (Wildman–Crippen MR) is 100 cm³/mol. The van der Waals surface area contributed by atoms with Crippen LogP contribution in [0.5, 0.6) is 0 Å². The number of thiophene rings is 1. The van der Waals surface area contributed by atoms with Crippen LogP contribution < -0.4 is 0 Å². The van der Waals surface area contributed by atoms with E-state index in [9.17, 15) is 5.11 Å². The van der Waals surface area contributed by atoms with Crippen molar-refractivity contribution in [2.24, 2.45) is 5.92 Å². The number of hydrogen-bond acceptors (Lipinski definition) is 5. The van der Waals surface area contributed by atoms with Crippen LogP contribution in [-0.4, -0.2) is 34.7 Å². The molecule has 3 nitrogen and oxygen atoms in total. The largest absolute Gasteiger partial charge is 0.396 e. The molecule has 1 N–H and O–H groups in total. The van der Waals surface area contributed by atoms with Gasteiger partial charge in [0.05, 0.1) is 12.2 Å². The molecule has 0 saturated carbocycles. The number of hydrogen-bond donors (Lipinski definition) is 1. The van der Waals surface area contributed by atoms with E-state index >= 15 is 0 Å². The standard InChI is InChI=1S/C19H20N2OS2/c22-11-16-8-21(9-17(16)15-6-7-23-12-15)10-19-20-18(13-24-19)14-4-2-1-3-5-14/h1-7,12-13,16-17,22H,8-11H2/t16-,17-/m0/s1. The maximum Gasteiger partial charge on any atom is 0.107 e. The molecule has 0 aliphatic carbocycles. The molecule has 124 valence electrons. The Morgan fingerprint density at radius 3 is 2.75 bits per heavy atom. The minimum atomic E-state index is 0.254. The summed E-state index contributed by atoms with van der Waals surface area (Å²) in [7, 11) is 0. The highest BCUT2D eigenvalue weighted by atomic mass is 32.1. The van der Waals surface area contributed by atoms with Gasteiger partial charge in [0, 0.05) is 42.5 Å². The summed E-state index contributed by atoms with van der Waals surface area (Å²) in [6.07, 6.45) is 0. The van der Waals surface area contributed by atoms with Gasteiger partial charge in [-0.1, -0.05) is 30.3 Å². The lowest BCUT2D eigenvalue weighted by molar-refractivity contribution is 0.214. The van der Waals surface area contributed by atoms with Crippen LogP contribution in [0.1, 0.15) is 16.5 Å². The van der Waals surface area contributed by atoms with Crippen molar-refractivity contribution in [3.8, 4) is 11.3 Å². The summed E-state index contributed by atoms with van der Waals surface area (Å²) >= 11 is 3.46. The Morgan fingerprint density at radius 2 is 2.00 bits per heavy atom. The van der Waals surface area contributed by atoms with E-state index < -0.39 is 0 Å². The Hall–Kier alpha value is -1.53. The van der Waals surface area contributed by atoms with Crippen molar-refractivity contribution in [2.75, 3.05) is 19.7 Å². The van der Waals surface area contributed by atoms with Gasteiger partial charge in [-0.25, -0.2) is 4.98 Å². The van der Waals surface area contributed by atoms with Crippen LogP contribution in [-0.2, 0) is 6.54 Å². The van der Waals surface area contributed by atoms with Gasteiger partial charge in [0.25, 0.3) is 0 Å². The smallest absolute Gasteiger partial charge is 0.107 e. The zero-order chi connectivity index (χ0) is 16.4. The van der Waals surface area contributed by atoms with E-state index in [1.54, 1.807) is 22.7 Å². The molecule has 1 aliphatic heterocycles. The first-order valence-electron chi connectivity index (χ1n) is 8.18. The highest BCUT2D eigenvalue weighted by molar-refractivity contribution is 7.10. The highest BCUT2D eigenvalue weighted by Gasteiger charge is 2.33. The number of likely N-dealkylation sites (tertiary alicyclic amines) is 1. The van der Waals surface area contributed by atoms with Crippen LogP contribution in [0.4, 0.5) is 0 Å². The molecule has 3 heterocycles. The average Bonchev–Trinajstić information content (AvgIpc) is 3.36. The summed E-state index contributed by atoms with van der Waals surface area (Å²) in [5.74, 6) is 0.767. The van der Waals surface area contributed by atoms with E-state index in [4.69, 9.17) is 4.98 Å². The first-order valence-corrected chi connectivity index (χ1v) is 10.0. The normalized spacial score (nSPS) is 21.4. The van der Waals surface area contributed by atoms with E-state index in [1.165, 1.54) is 11.1 Å². The molecule has 24 heavy (non-hydrogen) atoms. The number of aliphatic hydroxyl groups is 1. The van der Waals surface area contributed by atoms with Crippen molar-refractivity contribution < 1.29 is 5.11 Å². The fourth-order valence-electron chi connectivity index (χ4n) is 3.45. The maximum absolute atomic E-state index is 9.74. The van der Waals surface area contributed by atoms with Crippen LogP contribution in [0.3, 0.4) is 0 Å². The van der Waals surface area contributed by atoms with Gasteiger partial charge in [0.2, 0.25) is 0 Å². The van der Waals surface area contributed by atoms with Crippen LogP contribution in [0.25, 0.3) is 11.3 Å². The third-order valence-corrected chi connectivity index (χ3v) is 6.24. The summed E-state index contributed by atoms with van der Waals surface area (Å²) in [5, 5.41) is 17.4. The van der Waals surface area contributed by atoms with Gasteiger partial charge in [-0.2, -0.15) is 11.3 Å². The van der Waals surface area contributed by atoms with Gasteiger partial charge >= 0.3 is 0 Å². The van der Waals surface area contributed by atoms with Crippen LogP contribution in [0.15, 0.2) is 52.5 Å². The first kappa shape index (κ1) is 16.0. The second kappa shape index (κ2) is 7.15. The summed E-state index contributed by atoms with van der Waals surface area (Å²) in [4.78, 5) is 7.23. The zero-order valence-electron chi connectivity index (χ0n) is 13.3. The molecule has 3 aromatic rings. The molecule has 1 aliphatic rings. The molecule has 1 saturated heterocycles. The number of thiazole rings is 1. The number of nitrogens with zero attached hydrogens (tertiary/aromatic N) is 2. The van der Waals surface area contributed by atoms with Gasteiger partial charge in [-0.15, -0.1) is 11.3 Å². The molecule has 0 amide bonds. The van der Waals surface area contributed by atoms with E-state index in [-0.39, 0.29) is 6.61 Å². The lowest BCUT2D eigenvalue weighted by Crippen LogP contribution is -2.20. The van der Waals surface area contributed by atoms with Crippen LogP contribution in [0, 0.1) is 5.92 Å². The summed E-state index contributed by atoms with van der Waals surface area (Å²) in [5.41, 5.74) is 3.60. The van der Waals surface area contributed by atoms with Crippen molar-refractivity contribution in [1.29, 1.82) is 0 Å². The Labute approximate surface area is 150 Å². The Morgan fingerprint density at radius 1 is 1.12 bits per heavy atom. The minimum absolute atomic E-state index is 0.254. The number of rotatable bonds is 5. The van der Waals surface area contributed by atoms with Gasteiger partial charge in [-0.05, 0) is 22.4 Å². The highest BCUT2D eigenvalue weighted by Crippen LogP contribution is 2.34. The van der Waals surface area contributed by atoms with E-state index in [0.29, 0.717) is 11.8 Å². The summed E-state index contributed by atoms with van der Waals surface area (Å²) < 4.78 is 0. The number of aromatic nitrogens is 1. The minimum Gasteiger partial charge on any atom is -0.396 e. The SMILES string of the molecule is OC[C@@H]1CN(Cc2nc(-c3ccccc3)cs2)C[C@H]1c1ccsc1. The molecule has 0 spiro atoms. The topological polar surface area (TPSA) is 36.4 Å². The zero-order valence-corrected chi connectivity index (χ0v) is 15.0. The Kier molecular flexibility index (Phi) is 4.76. The molecule has 2 atom stereocenters. The lowest BCUT2D eigenvalue weighted by Gasteiger charge is -2.14. The van der Waals surface area contributed by atoms with Crippen molar-refractivity contribution in [3.63, 3.8) is 0 Å². The van der Waals surface area contributed by atoms with Gasteiger partial charge in [-0.3, -0.25) is 4.90 Å². The molecule has 0 radical (unpaired) electrons. The molecule has 5 heteroatoms. The summed E-state index contributed by atoms with van der Waals surface area (Å²) in [6.45, 7) is 3.07. The molecular weight excluding hydrogens is 336 g/mol. The average molecular weight is 357 g/mol. The Balaban J connectivity index is 1.46. The number of benzene rings is 1. The van der Waals surface area contributed by atoms with Crippen molar-refractivity contribution in [2.45, 2.75) is 12.5 Å². The predicted octanol–water partition coefficient (Wildman–Crippen LogP) is 4.08. The monoisotopic (exact) mass is 356 g/mol. The third kappa shape index (κ3) is 3.30. The van der Waals surface area contributed by atoms with Crippen molar-refractivity contribution in [3.05, 3.63) is 63.1 Å². The van der Waals surface area contributed by atoms with E-state index in [0.717, 1.165) is 30.3 Å². The molecule has 0 unspecified atom stereocenters.